The number of ether oxygens (including phenoxy) is 1. The van der Waals surface area contributed by atoms with Gasteiger partial charge in [-0.05, 0) is 19.4 Å². The van der Waals surface area contributed by atoms with Gasteiger partial charge in [-0.15, -0.1) is 13.2 Å². The van der Waals surface area contributed by atoms with E-state index in [1.54, 1.807) is 4.90 Å². The molecule has 0 aromatic rings. The Morgan fingerprint density at radius 3 is 2.71 bits per heavy atom. The minimum Gasteiger partial charge on any atom is -0.392 e. The topological polar surface area (TPSA) is 32.7 Å². The molecule has 0 bridgehead atoms. The smallest absolute Gasteiger partial charge is 0.392 e. The van der Waals surface area contributed by atoms with Crippen molar-refractivity contribution in [3.05, 3.63) is 0 Å². The Bertz CT molecular complexity index is 174. The maximum atomic E-state index is 11.6. The van der Waals surface area contributed by atoms with Crippen molar-refractivity contribution in [3.63, 3.8) is 0 Å². The third-order valence-corrected chi connectivity index (χ3v) is 2.15. The Morgan fingerprint density at radius 2 is 2.14 bits per heavy atom. The third-order valence-electron chi connectivity index (χ3n) is 2.15. The van der Waals surface area contributed by atoms with Gasteiger partial charge in [0, 0.05) is 13.1 Å². The van der Waals surface area contributed by atoms with E-state index in [1.807, 2.05) is 0 Å². The molecule has 0 aromatic heterocycles. The van der Waals surface area contributed by atoms with Gasteiger partial charge < -0.3 is 5.11 Å². The van der Waals surface area contributed by atoms with Gasteiger partial charge in [-0.2, -0.15) is 0 Å². The second-order valence-corrected chi connectivity index (χ2v) is 3.39. The lowest BCUT2D eigenvalue weighted by Gasteiger charge is -2.29. The highest BCUT2D eigenvalue weighted by molar-refractivity contribution is 4.71. The minimum absolute atomic E-state index is 0.219. The van der Waals surface area contributed by atoms with Gasteiger partial charge >= 0.3 is 6.36 Å². The lowest BCUT2D eigenvalue weighted by molar-refractivity contribution is -0.325. The molecule has 1 N–H and O–H groups in total. The van der Waals surface area contributed by atoms with Gasteiger partial charge in [0.2, 0.25) is 0 Å². The molecule has 1 atom stereocenters. The normalized spacial score (nSPS) is 25.3. The SMILES string of the molecule is OC1CCCN(CCOC(F)(F)F)C1. The van der Waals surface area contributed by atoms with Gasteiger partial charge in [0.15, 0.2) is 0 Å². The zero-order chi connectivity index (χ0) is 10.6. The largest absolute Gasteiger partial charge is 0.522 e. The number of piperidine rings is 1. The molecule has 1 fully saturated rings. The third kappa shape index (κ3) is 4.78. The van der Waals surface area contributed by atoms with Crippen molar-refractivity contribution in [2.75, 3.05) is 26.2 Å². The highest BCUT2D eigenvalue weighted by atomic mass is 19.4. The first-order valence-electron chi connectivity index (χ1n) is 4.58. The standard InChI is InChI=1S/C8H14F3NO2/c9-8(10,11)14-5-4-12-3-1-2-7(13)6-12/h7,13H,1-6H2. The fourth-order valence-corrected chi connectivity index (χ4v) is 1.52. The van der Waals surface area contributed by atoms with E-state index < -0.39 is 12.5 Å². The molecule has 3 nitrogen and oxygen atoms in total. The zero-order valence-corrected chi connectivity index (χ0v) is 7.76. The van der Waals surface area contributed by atoms with Crippen molar-refractivity contribution in [1.29, 1.82) is 0 Å². The monoisotopic (exact) mass is 213 g/mol. The maximum absolute atomic E-state index is 11.6. The van der Waals surface area contributed by atoms with E-state index in [9.17, 15) is 18.3 Å². The number of alkyl halides is 3. The Kier molecular flexibility index (Phi) is 4.15. The summed E-state index contributed by atoms with van der Waals surface area (Å²) in [5.41, 5.74) is 0. The molecule has 1 heterocycles. The van der Waals surface area contributed by atoms with Gasteiger partial charge in [-0.3, -0.25) is 9.64 Å². The minimum atomic E-state index is -4.55. The number of β-amino-alcohol motifs (C(OH)–C–C–N with tert-alkyl or cyclic N) is 1. The highest BCUT2D eigenvalue weighted by Gasteiger charge is 2.29. The fourth-order valence-electron chi connectivity index (χ4n) is 1.52. The van der Waals surface area contributed by atoms with Gasteiger partial charge in [0.1, 0.15) is 0 Å². The van der Waals surface area contributed by atoms with Crippen LogP contribution < -0.4 is 0 Å². The molecule has 1 aliphatic heterocycles. The number of halogens is 3. The van der Waals surface area contributed by atoms with E-state index in [2.05, 4.69) is 4.74 Å². The zero-order valence-electron chi connectivity index (χ0n) is 7.76. The summed E-state index contributed by atoms with van der Waals surface area (Å²) in [5, 5.41) is 9.23. The predicted molar refractivity (Wildman–Crippen MR) is 43.7 cm³/mol. The van der Waals surface area contributed by atoms with Gasteiger partial charge in [0.05, 0.1) is 12.7 Å². The second-order valence-electron chi connectivity index (χ2n) is 3.39. The van der Waals surface area contributed by atoms with Gasteiger partial charge in [-0.25, -0.2) is 0 Å². The van der Waals surface area contributed by atoms with Crippen LogP contribution in [0.2, 0.25) is 0 Å². The first-order chi connectivity index (χ1) is 6.47. The van der Waals surface area contributed by atoms with Crippen LogP contribution in [0.4, 0.5) is 13.2 Å². The van der Waals surface area contributed by atoms with Crippen LogP contribution in [-0.2, 0) is 4.74 Å². The molecule has 0 radical (unpaired) electrons. The maximum Gasteiger partial charge on any atom is 0.522 e. The number of hydrogen-bond donors (Lipinski definition) is 1. The summed E-state index contributed by atoms with van der Waals surface area (Å²) < 4.78 is 38.4. The highest BCUT2D eigenvalue weighted by Crippen LogP contribution is 2.16. The van der Waals surface area contributed by atoms with Crippen LogP contribution in [0.15, 0.2) is 0 Å². The molecule has 1 aliphatic rings. The van der Waals surface area contributed by atoms with E-state index in [0.29, 0.717) is 6.54 Å². The lowest BCUT2D eigenvalue weighted by atomic mass is 10.1. The van der Waals surface area contributed by atoms with Crippen molar-refractivity contribution >= 4 is 0 Å². The van der Waals surface area contributed by atoms with Crippen LogP contribution in [0.5, 0.6) is 0 Å². The first kappa shape index (κ1) is 11.7. The summed E-state index contributed by atoms with van der Waals surface area (Å²) in [6, 6.07) is 0. The van der Waals surface area contributed by atoms with E-state index in [1.165, 1.54) is 0 Å². The summed E-state index contributed by atoms with van der Waals surface area (Å²) in [5.74, 6) is 0. The number of hydrogen-bond acceptors (Lipinski definition) is 3. The Hall–Kier alpha value is -0.330. The van der Waals surface area contributed by atoms with E-state index in [0.717, 1.165) is 19.4 Å². The van der Waals surface area contributed by atoms with Crippen molar-refractivity contribution in [1.82, 2.24) is 4.90 Å². The molecule has 1 saturated heterocycles. The second kappa shape index (κ2) is 4.95. The summed E-state index contributed by atoms with van der Waals surface area (Å²) in [4.78, 5) is 1.78. The van der Waals surface area contributed by atoms with Crippen LogP contribution in [-0.4, -0.2) is 48.7 Å². The van der Waals surface area contributed by atoms with Crippen LogP contribution in [0.1, 0.15) is 12.8 Å². The van der Waals surface area contributed by atoms with Crippen LogP contribution in [0, 0.1) is 0 Å². The summed E-state index contributed by atoms with van der Waals surface area (Å²) in [6.07, 6.45) is -3.40. The molecule has 1 unspecified atom stereocenters. The number of nitrogens with zero attached hydrogens (tertiary/aromatic N) is 1. The molecule has 0 saturated carbocycles. The molecule has 6 heteroatoms. The predicted octanol–water partition coefficient (Wildman–Crippen LogP) is 0.980. The van der Waals surface area contributed by atoms with Crippen molar-refractivity contribution in [2.24, 2.45) is 0 Å². The molecule has 0 aromatic carbocycles. The molecule has 0 aliphatic carbocycles. The Balaban J connectivity index is 2.12. The summed E-state index contributed by atoms with van der Waals surface area (Å²) in [7, 11) is 0. The molecular weight excluding hydrogens is 199 g/mol. The van der Waals surface area contributed by atoms with Gasteiger partial charge in [-0.1, -0.05) is 0 Å². The molecule has 0 spiro atoms. The molecule has 84 valence electrons. The van der Waals surface area contributed by atoms with Crippen LogP contribution >= 0.6 is 0 Å². The average molecular weight is 213 g/mol. The number of aliphatic hydroxyl groups excluding tert-OH is 1. The lowest BCUT2D eigenvalue weighted by Crippen LogP contribution is -2.40. The molecule has 14 heavy (non-hydrogen) atoms. The molecular formula is C8H14F3NO2. The summed E-state index contributed by atoms with van der Waals surface area (Å²) >= 11 is 0. The fraction of sp³-hybridized carbons (Fsp3) is 1.00. The summed E-state index contributed by atoms with van der Waals surface area (Å²) in [6.45, 7) is 1.03. The Labute approximate surface area is 80.5 Å². The quantitative estimate of drug-likeness (QED) is 0.758. The van der Waals surface area contributed by atoms with Crippen LogP contribution in [0.25, 0.3) is 0 Å². The van der Waals surface area contributed by atoms with Gasteiger partial charge in [0.25, 0.3) is 0 Å². The van der Waals surface area contributed by atoms with Crippen molar-refractivity contribution in [2.45, 2.75) is 25.3 Å². The van der Waals surface area contributed by atoms with E-state index >= 15 is 0 Å². The first-order valence-corrected chi connectivity index (χ1v) is 4.58. The number of aliphatic hydroxyl groups is 1. The van der Waals surface area contributed by atoms with E-state index in [-0.39, 0.29) is 13.2 Å². The van der Waals surface area contributed by atoms with Crippen molar-refractivity contribution < 1.29 is 23.0 Å². The van der Waals surface area contributed by atoms with Crippen molar-refractivity contribution in [3.8, 4) is 0 Å². The Morgan fingerprint density at radius 1 is 1.43 bits per heavy atom. The number of rotatable bonds is 3. The van der Waals surface area contributed by atoms with Crippen LogP contribution in [0.3, 0.4) is 0 Å². The number of likely N-dealkylation sites (tertiary alicyclic amines) is 1. The molecule has 1 rings (SSSR count). The molecule has 0 amide bonds. The average Bonchev–Trinajstić information content (AvgIpc) is 2.01. The van der Waals surface area contributed by atoms with E-state index in [4.69, 9.17) is 0 Å².